The SMILES string of the molecule is N=C1C(N=O)C(=O)N2CCN=C2N1Cc1ccc(Cl)cc1. The van der Waals surface area contributed by atoms with Crippen molar-refractivity contribution in [2.24, 2.45) is 10.2 Å². The molecular formula is C13H12ClN5O2. The standard InChI is InChI=1S/C13H12ClN5O2/c14-9-3-1-8(2-4-9)7-19-11(15)10(17-21)12(20)18-6-5-16-13(18)19/h1-4,10,15H,5-7H2. The molecule has 0 aliphatic carbocycles. The molecule has 1 N–H and O–H groups in total. The predicted molar refractivity (Wildman–Crippen MR) is 78.3 cm³/mol. The van der Waals surface area contributed by atoms with Gasteiger partial charge in [0.15, 0.2) is 0 Å². The third kappa shape index (κ3) is 2.29. The lowest BCUT2D eigenvalue weighted by molar-refractivity contribution is -0.128. The molecule has 2 aliphatic heterocycles. The summed E-state index contributed by atoms with van der Waals surface area (Å²) in [5.74, 6) is -0.194. The first kappa shape index (κ1) is 13.7. The fourth-order valence-electron chi connectivity index (χ4n) is 2.42. The Hall–Kier alpha value is -2.28. The quantitative estimate of drug-likeness (QED) is 0.857. The number of amides is 1. The van der Waals surface area contributed by atoms with Crippen molar-refractivity contribution in [2.75, 3.05) is 13.1 Å². The van der Waals surface area contributed by atoms with E-state index in [4.69, 9.17) is 17.0 Å². The van der Waals surface area contributed by atoms with E-state index in [1.54, 1.807) is 17.0 Å². The number of nitrogens with zero attached hydrogens (tertiary/aromatic N) is 4. The molecule has 1 aromatic rings. The maximum Gasteiger partial charge on any atom is 0.265 e. The van der Waals surface area contributed by atoms with Gasteiger partial charge in [0.05, 0.1) is 13.1 Å². The van der Waals surface area contributed by atoms with Gasteiger partial charge in [0.1, 0.15) is 5.84 Å². The van der Waals surface area contributed by atoms with Gasteiger partial charge in [-0.25, -0.2) is 0 Å². The van der Waals surface area contributed by atoms with Crippen LogP contribution in [0.3, 0.4) is 0 Å². The number of carbonyl (C=O) groups is 1. The van der Waals surface area contributed by atoms with Gasteiger partial charge in [-0.2, -0.15) is 0 Å². The maximum absolute atomic E-state index is 12.1. The zero-order valence-corrected chi connectivity index (χ0v) is 11.7. The molecule has 1 saturated heterocycles. The monoisotopic (exact) mass is 305 g/mol. The predicted octanol–water partition coefficient (Wildman–Crippen LogP) is 1.47. The Kier molecular flexibility index (Phi) is 3.42. The van der Waals surface area contributed by atoms with E-state index in [9.17, 15) is 9.70 Å². The number of hydrogen-bond donors (Lipinski definition) is 1. The van der Waals surface area contributed by atoms with Crippen LogP contribution in [-0.4, -0.2) is 46.6 Å². The minimum Gasteiger partial charge on any atom is -0.294 e. The van der Waals surface area contributed by atoms with E-state index in [1.807, 2.05) is 12.1 Å². The normalized spacial score (nSPS) is 21.4. The van der Waals surface area contributed by atoms with Gasteiger partial charge in [0, 0.05) is 11.6 Å². The second-order valence-electron chi connectivity index (χ2n) is 4.78. The Morgan fingerprint density at radius 3 is 2.76 bits per heavy atom. The van der Waals surface area contributed by atoms with Crippen LogP contribution in [-0.2, 0) is 11.3 Å². The molecule has 1 unspecified atom stereocenters. The van der Waals surface area contributed by atoms with E-state index < -0.39 is 11.9 Å². The summed E-state index contributed by atoms with van der Waals surface area (Å²) in [5.41, 5.74) is 0.901. The number of guanidine groups is 1. The molecule has 0 radical (unpaired) electrons. The minimum atomic E-state index is -1.30. The molecule has 0 aromatic heterocycles. The highest BCUT2D eigenvalue weighted by Crippen LogP contribution is 2.21. The first-order chi connectivity index (χ1) is 10.1. The topological polar surface area (TPSA) is 89.2 Å². The molecule has 3 rings (SSSR count). The average Bonchev–Trinajstić information content (AvgIpc) is 2.96. The first-order valence-corrected chi connectivity index (χ1v) is 6.78. The van der Waals surface area contributed by atoms with Crippen molar-refractivity contribution in [3.05, 3.63) is 39.8 Å². The summed E-state index contributed by atoms with van der Waals surface area (Å²) in [6.45, 7) is 1.23. The molecule has 1 atom stereocenters. The molecule has 1 fully saturated rings. The number of benzene rings is 1. The van der Waals surface area contributed by atoms with Crippen LogP contribution in [0.5, 0.6) is 0 Å². The summed E-state index contributed by atoms with van der Waals surface area (Å²) in [5, 5.41) is 11.5. The lowest BCUT2D eigenvalue weighted by atomic mass is 10.1. The van der Waals surface area contributed by atoms with Gasteiger partial charge in [0.2, 0.25) is 12.0 Å². The highest BCUT2D eigenvalue weighted by molar-refractivity contribution is 6.30. The van der Waals surface area contributed by atoms with E-state index in [0.29, 0.717) is 30.6 Å². The molecule has 0 bridgehead atoms. The Labute approximate surface area is 125 Å². The third-order valence-corrected chi connectivity index (χ3v) is 3.72. The number of fused-ring (bicyclic) bond motifs is 1. The number of halogens is 1. The summed E-state index contributed by atoms with van der Waals surface area (Å²) in [6.07, 6.45) is 0. The Balaban J connectivity index is 1.91. The summed E-state index contributed by atoms with van der Waals surface area (Å²) in [7, 11) is 0. The lowest BCUT2D eigenvalue weighted by Crippen LogP contribution is -2.60. The van der Waals surface area contributed by atoms with Gasteiger partial charge in [0.25, 0.3) is 5.91 Å². The van der Waals surface area contributed by atoms with Crippen molar-refractivity contribution in [3.63, 3.8) is 0 Å². The van der Waals surface area contributed by atoms with Crippen molar-refractivity contribution in [1.82, 2.24) is 9.80 Å². The van der Waals surface area contributed by atoms with Crippen molar-refractivity contribution in [2.45, 2.75) is 12.6 Å². The molecule has 21 heavy (non-hydrogen) atoms. The molecule has 108 valence electrons. The van der Waals surface area contributed by atoms with Crippen LogP contribution >= 0.6 is 11.6 Å². The zero-order valence-electron chi connectivity index (χ0n) is 11.0. The van der Waals surface area contributed by atoms with Crippen LogP contribution in [0.2, 0.25) is 5.02 Å². The largest absolute Gasteiger partial charge is 0.294 e. The van der Waals surface area contributed by atoms with Gasteiger partial charge < -0.3 is 0 Å². The van der Waals surface area contributed by atoms with Gasteiger partial charge in [-0.15, -0.1) is 4.91 Å². The van der Waals surface area contributed by atoms with Crippen molar-refractivity contribution < 1.29 is 4.79 Å². The number of hydrogen-bond acceptors (Lipinski definition) is 5. The van der Waals surface area contributed by atoms with E-state index in [2.05, 4.69) is 10.2 Å². The summed E-state index contributed by atoms with van der Waals surface area (Å²) >= 11 is 5.85. The third-order valence-electron chi connectivity index (χ3n) is 3.47. The van der Waals surface area contributed by atoms with Crippen molar-refractivity contribution in [3.8, 4) is 0 Å². The van der Waals surface area contributed by atoms with Crippen LogP contribution in [0.25, 0.3) is 0 Å². The number of amidine groups is 1. The molecule has 0 spiro atoms. The van der Waals surface area contributed by atoms with E-state index >= 15 is 0 Å². The minimum absolute atomic E-state index is 0.137. The number of aliphatic imine (C=N–C) groups is 1. The van der Waals surface area contributed by atoms with Gasteiger partial charge in [-0.1, -0.05) is 23.7 Å². The van der Waals surface area contributed by atoms with Crippen LogP contribution in [0, 0.1) is 10.3 Å². The molecule has 7 nitrogen and oxygen atoms in total. The van der Waals surface area contributed by atoms with E-state index in [0.717, 1.165) is 5.56 Å². The zero-order chi connectivity index (χ0) is 15.0. The average molecular weight is 306 g/mol. The number of carbonyl (C=O) groups excluding carboxylic acids is 1. The fraction of sp³-hybridized carbons (Fsp3) is 0.308. The molecule has 8 heteroatoms. The van der Waals surface area contributed by atoms with Crippen LogP contribution in [0.4, 0.5) is 0 Å². The van der Waals surface area contributed by atoms with E-state index in [1.165, 1.54) is 4.90 Å². The highest BCUT2D eigenvalue weighted by Gasteiger charge is 2.44. The van der Waals surface area contributed by atoms with Gasteiger partial charge in [-0.3, -0.25) is 25.0 Å². The van der Waals surface area contributed by atoms with Crippen molar-refractivity contribution >= 4 is 29.3 Å². The van der Waals surface area contributed by atoms with Crippen LogP contribution in [0.1, 0.15) is 5.56 Å². The van der Waals surface area contributed by atoms with Gasteiger partial charge >= 0.3 is 0 Å². The smallest absolute Gasteiger partial charge is 0.265 e. The number of nitrogens with one attached hydrogen (secondary N) is 1. The molecule has 1 amide bonds. The van der Waals surface area contributed by atoms with E-state index in [-0.39, 0.29) is 5.84 Å². The molecular weight excluding hydrogens is 294 g/mol. The van der Waals surface area contributed by atoms with Gasteiger partial charge in [-0.05, 0) is 22.9 Å². The highest BCUT2D eigenvalue weighted by atomic mass is 35.5. The Bertz CT molecular complexity index is 642. The Morgan fingerprint density at radius 1 is 1.38 bits per heavy atom. The number of nitroso groups, excluding NO2 is 1. The second kappa shape index (κ2) is 5.25. The fourth-order valence-corrected chi connectivity index (χ4v) is 2.54. The maximum atomic E-state index is 12.1. The molecule has 1 aromatic carbocycles. The van der Waals surface area contributed by atoms with Crippen LogP contribution in [0.15, 0.2) is 34.4 Å². The summed E-state index contributed by atoms with van der Waals surface area (Å²) < 4.78 is 0. The summed E-state index contributed by atoms with van der Waals surface area (Å²) in [4.78, 5) is 30.2. The molecule has 2 heterocycles. The first-order valence-electron chi connectivity index (χ1n) is 6.40. The van der Waals surface area contributed by atoms with Crippen LogP contribution < -0.4 is 0 Å². The Morgan fingerprint density at radius 2 is 2.10 bits per heavy atom. The molecule has 0 saturated carbocycles. The van der Waals surface area contributed by atoms with Crippen molar-refractivity contribution in [1.29, 1.82) is 5.41 Å². The summed E-state index contributed by atoms with van der Waals surface area (Å²) in [6, 6.07) is 5.86. The second-order valence-corrected chi connectivity index (χ2v) is 5.21. The molecule has 2 aliphatic rings. The lowest BCUT2D eigenvalue weighted by Gasteiger charge is -2.36. The number of rotatable bonds is 3.